The SMILES string of the molecule is C=CCNC(=NC)NCCCN1CCN(c2cccc(Cl)c2)CC1. The van der Waals surface area contributed by atoms with Crippen LogP contribution in [0.5, 0.6) is 0 Å². The molecule has 0 spiro atoms. The van der Waals surface area contributed by atoms with Gasteiger partial charge < -0.3 is 15.5 Å². The number of hydrogen-bond donors (Lipinski definition) is 2. The van der Waals surface area contributed by atoms with Crippen molar-refractivity contribution in [1.82, 2.24) is 15.5 Å². The monoisotopic (exact) mass is 349 g/mol. The Labute approximate surface area is 150 Å². The second-order valence-corrected chi connectivity index (χ2v) is 6.27. The molecule has 1 fully saturated rings. The van der Waals surface area contributed by atoms with Crippen LogP contribution in [0.4, 0.5) is 5.69 Å². The summed E-state index contributed by atoms with van der Waals surface area (Å²) in [5, 5.41) is 7.30. The van der Waals surface area contributed by atoms with Crippen molar-refractivity contribution in [2.24, 2.45) is 4.99 Å². The highest BCUT2D eigenvalue weighted by Gasteiger charge is 2.16. The van der Waals surface area contributed by atoms with Crippen LogP contribution in [0.15, 0.2) is 41.9 Å². The van der Waals surface area contributed by atoms with E-state index >= 15 is 0 Å². The second-order valence-electron chi connectivity index (χ2n) is 5.83. The summed E-state index contributed by atoms with van der Waals surface area (Å²) in [7, 11) is 1.79. The highest BCUT2D eigenvalue weighted by molar-refractivity contribution is 6.30. The fourth-order valence-electron chi connectivity index (χ4n) is 2.80. The number of guanidine groups is 1. The first kappa shape index (κ1) is 18.6. The Balaban J connectivity index is 1.64. The Morgan fingerprint density at radius 2 is 2.08 bits per heavy atom. The molecular formula is C18H28ClN5. The number of nitrogens with zero attached hydrogens (tertiary/aromatic N) is 3. The smallest absolute Gasteiger partial charge is 0.191 e. The maximum Gasteiger partial charge on any atom is 0.191 e. The maximum atomic E-state index is 6.08. The lowest BCUT2D eigenvalue weighted by Crippen LogP contribution is -2.47. The summed E-state index contributed by atoms with van der Waals surface area (Å²) in [6, 6.07) is 8.12. The van der Waals surface area contributed by atoms with Gasteiger partial charge in [0.25, 0.3) is 0 Å². The zero-order valence-electron chi connectivity index (χ0n) is 14.5. The van der Waals surface area contributed by atoms with Crippen molar-refractivity contribution in [3.05, 3.63) is 41.9 Å². The molecule has 0 saturated carbocycles. The molecule has 1 aromatic rings. The van der Waals surface area contributed by atoms with Crippen LogP contribution in [0.2, 0.25) is 5.02 Å². The highest BCUT2D eigenvalue weighted by Crippen LogP contribution is 2.20. The zero-order valence-corrected chi connectivity index (χ0v) is 15.2. The third-order valence-corrected chi connectivity index (χ3v) is 4.36. The minimum Gasteiger partial charge on any atom is -0.369 e. The molecular weight excluding hydrogens is 322 g/mol. The molecule has 6 heteroatoms. The average molecular weight is 350 g/mol. The number of piperazine rings is 1. The molecule has 0 bridgehead atoms. The van der Waals surface area contributed by atoms with Crippen LogP contribution in [0, 0.1) is 0 Å². The molecule has 0 unspecified atom stereocenters. The normalized spacial score (nSPS) is 16.1. The van der Waals surface area contributed by atoms with Gasteiger partial charge in [0.05, 0.1) is 0 Å². The van der Waals surface area contributed by atoms with Gasteiger partial charge >= 0.3 is 0 Å². The summed E-state index contributed by atoms with van der Waals surface area (Å²) < 4.78 is 0. The van der Waals surface area contributed by atoms with Crippen LogP contribution >= 0.6 is 11.6 Å². The molecule has 2 N–H and O–H groups in total. The van der Waals surface area contributed by atoms with E-state index in [1.807, 2.05) is 24.3 Å². The van der Waals surface area contributed by atoms with E-state index in [0.29, 0.717) is 0 Å². The lowest BCUT2D eigenvalue weighted by molar-refractivity contribution is 0.255. The van der Waals surface area contributed by atoms with E-state index in [1.165, 1.54) is 5.69 Å². The van der Waals surface area contributed by atoms with Crippen LogP contribution in [0.1, 0.15) is 6.42 Å². The standard InChI is InChI=1S/C18H28ClN5/c1-3-8-21-18(20-2)22-9-5-10-23-11-13-24(14-12-23)17-7-4-6-16(19)15-17/h3-4,6-7,15H,1,5,8-14H2,2H3,(H2,20,21,22). The van der Waals surface area contributed by atoms with Crippen molar-refractivity contribution in [3.8, 4) is 0 Å². The minimum absolute atomic E-state index is 0.727. The highest BCUT2D eigenvalue weighted by atomic mass is 35.5. The molecule has 0 aromatic heterocycles. The van der Waals surface area contributed by atoms with Gasteiger partial charge in [-0.2, -0.15) is 0 Å². The zero-order chi connectivity index (χ0) is 17.2. The van der Waals surface area contributed by atoms with Crippen molar-refractivity contribution < 1.29 is 0 Å². The first-order valence-corrected chi connectivity index (χ1v) is 8.89. The van der Waals surface area contributed by atoms with Crippen LogP contribution < -0.4 is 15.5 Å². The summed E-state index contributed by atoms with van der Waals surface area (Å²) in [6.45, 7) is 10.7. The number of anilines is 1. The van der Waals surface area contributed by atoms with E-state index < -0.39 is 0 Å². The first-order valence-electron chi connectivity index (χ1n) is 8.51. The molecule has 1 heterocycles. The van der Waals surface area contributed by atoms with Crippen molar-refractivity contribution in [2.75, 3.05) is 57.8 Å². The molecule has 1 aliphatic rings. The van der Waals surface area contributed by atoms with Crippen LogP contribution in [-0.2, 0) is 0 Å². The van der Waals surface area contributed by atoms with Crippen molar-refractivity contribution in [3.63, 3.8) is 0 Å². The van der Waals surface area contributed by atoms with E-state index in [1.54, 1.807) is 7.05 Å². The van der Waals surface area contributed by atoms with Gasteiger partial charge in [-0.25, -0.2) is 0 Å². The van der Waals surface area contributed by atoms with Crippen LogP contribution in [0.3, 0.4) is 0 Å². The fourth-order valence-corrected chi connectivity index (χ4v) is 2.99. The summed E-state index contributed by atoms with van der Waals surface area (Å²) in [6.07, 6.45) is 2.93. The maximum absolute atomic E-state index is 6.08. The van der Waals surface area contributed by atoms with E-state index in [4.69, 9.17) is 11.6 Å². The van der Waals surface area contributed by atoms with E-state index in [0.717, 1.165) is 63.2 Å². The minimum atomic E-state index is 0.727. The molecule has 5 nitrogen and oxygen atoms in total. The summed E-state index contributed by atoms with van der Waals surface area (Å²) in [5.41, 5.74) is 1.22. The van der Waals surface area contributed by atoms with Gasteiger partial charge in [-0.1, -0.05) is 23.7 Å². The Kier molecular flexibility index (Phi) is 7.92. The molecule has 1 aromatic carbocycles. The quantitative estimate of drug-likeness (QED) is 0.343. The molecule has 2 rings (SSSR count). The van der Waals surface area contributed by atoms with Crippen molar-refractivity contribution in [2.45, 2.75) is 6.42 Å². The van der Waals surface area contributed by atoms with Gasteiger partial charge in [-0.15, -0.1) is 6.58 Å². The van der Waals surface area contributed by atoms with Crippen molar-refractivity contribution >= 4 is 23.2 Å². The molecule has 0 aliphatic carbocycles. The summed E-state index contributed by atoms with van der Waals surface area (Å²) in [5.74, 6) is 0.834. The van der Waals surface area contributed by atoms with Gasteiger partial charge in [-0.05, 0) is 31.2 Å². The van der Waals surface area contributed by atoms with Gasteiger partial charge in [0.1, 0.15) is 0 Å². The number of rotatable bonds is 7. The molecule has 24 heavy (non-hydrogen) atoms. The molecule has 0 amide bonds. The van der Waals surface area contributed by atoms with E-state index in [-0.39, 0.29) is 0 Å². The number of hydrogen-bond acceptors (Lipinski definition) is 3. The van der Waals surface area contributed by atoms with Gasteiger partial charge in [0.15, 0.2) is 5.96 Å². The molecule has 0 atom stereocenters. The Morgan fingerprint density at radius 1 is 1.29 bits per heavy atom. The Morgan fingerprint density at radius 3 is 2.75 bits per heavy atom. The Hall–Kier alpha value is -1.72. The summed E-state index contributed by atoms with van der Waals surface area (Å²) in [4.78, 5) is 9.10. The second kappa shape index (κ2) is 10.2. The number of benzene rings is 1. The third kappa shape index (κ3) is 6.06. The average Bonchev–Trinajstić information content (AvgIpc) is 2.61. The third-order valence-electron chi connectivity index (χ3n) is 4.13. The summed E-state index contributed by atoms with van der Waals surface area (Å²) >= 11 is 6.08. The van der Waals surface area contributed by atoms with Crippen molar-refractivity contribution in [1.29, 1.82) is 0 Å². The number of aliphatic imine (C=N–C) groups is 1. The first-order chi connectivity index (χ1) is 11.7. The van der Waals surface area contributed by atoms with Gasteiger partial charge in [-0.3, -0.25) is 9.89 Å². The van der Waals surface area contributed by atoms with E-state index in [2.05, 4.69) is 38.1 Å². The number of halogens is 1. The van der Waals surface area contributed by atoms with Crippen LogP contribution in [-0.4, -0.2) is 63.7 Å². The van der Waals surface area contributed by atoms with Gasteiger partial charge in [0.2, 0.25) is 0 Å². The topological polar surface area (TPSA) is 42.9 Å². The van der Waals surface area contributed by atoms with E-state index in [9.17, 15) is 0 Å². The molecule has 0 radical (unpaired) electrons. The predicted octanol–water partition coefficient (Wildman–Crippen LogP) is 2.20. The molecule has 132 valence electrons. The van der Waals surface area contributed by atoms with Gasteiger partial charge in [0, 0.05) is 57.0 Å². The van der Waals surface area contributed by atoms with Crippen LogP contribution in [0.25, 0.3) is 0 Å². The Bertz CT molecular complexity index is 538. The lowest BCUT2D eigenvalue weighted by Gasteiger charge is -2.36. The lowest BCUT2D eigenvalue weighted by atomic mass is 10.2. The predicted molar refractivity (Wildman–Crippen MR) is 104 cm³/mol. The molecule has 1 aliphatic heterocycles. The fraction of sp³-hybridized carbons (Fsp3) is 0.500. The largest absolute Gasteiger partial charge is 0.369 e. The molecule has 1 saturated heterocycles. The number of nitrogens with one attached hydrogen (secondary N) is 2.